The zero-order valence-corrected chi connectivity index (χ0v) is 9.50. The van der Waals surface area contributed by atoms with E-state index in [4.69, 9.17) is 21.1 Å². The first-order valence-electron chi connectivity index (χ1n) is 4.66. The van der Waals surface area contributed by atoms with Crippen molar-refractivity contribution in [1.29, 1.82) is 0 Å². The minimum absolute atomic E-state index is 0.136. The van der Waals surface area contributed by atoms with Gasteiger partial charge in [0.15, 0.2) is 0 Å². The highest BCUT2D eigenvalue weighted by molar-refractivity contribution is 6.31. The van der Waals surface area contributed by atoms with Crippen molar-refractivity contribution < 1.29 is 14.3 Å². The van der Waals surface area contributed by atoms with Crippen molar-refractivity contribution in [1.82, 2.24) is 0 Å². The first kappa shape index (κ1) is 11.9. The van der Waals surface area contributed by atoms with Gasteiger partial charge in [-0.05, 0) is 19.1 Å². The van der Waals surface area contributed by atoms with E-state index in [0.29, 0.717) is 22.9 Å². The Morgan fingerprint density at radius 3 is 2.80 bits per heavy atom. The number of carbonyl (C=O) groups is 1. The quantitative estimate of drug-likeness (QED) is 0.743. The molecule has 82 valence electrons. The average Bonchev–Trinajstić information content (AvgIpc) is 2.21. The van der Waals surface area contributed by atoms with Gasteiger partial charge in [-0.15, -0.1) is 0 Å². The lowest BCUT2D eigenvalue weighted by Crippen LogP contribution is -2.08. The van der Waals surface area contributed by atoms with Crippen LogP contribution < -0.4 is 4.74 Å². The largest absolute Gasteiger partial charge is 0.496 e. The number of rotatable bonds is 4. The molecule has 0 N–H and O–H groups in total. The minimum atomic E-state index is -0.302. The molecule has 4 heteroatoms. The van der Waals surface area contributed by atoms with Crippen LogP contribution in [0.3, 0.4) is 0 Å². The molecule has 0 heterocycles. The highest BCUT2D eigenvalue weighted by Gasteiger charge is 2.12. The van der Waals surface area contributed by atoms with Gasteiger partial charge in [-0.25, -0.2) is 0 Å². The highest BCUT2D eigenvalue weighted by atomic mass is 35.5. The number of esters is 1. The Hall–Kier alpha value is -1.22. The summed E-state index contributed by atoms with van der Waals surface area (Å²) in [7, 11) is 1.54. The normalized spacial score (nSPS) is 9.80. The minimum Gasteiger partial charge on any atom is -0.496 e. The van der Waals surface area contributed by atoms with Crippen LogP contribution in [0.2, 0.25) is 5.02 Å². The highest BCUT2D eigenvalue weighted by Crippen LogP contribution is 2.26. The topological polar surface area (TPSA) is 35.5 Å². The second-order valence-corrected chi connectivity index (χ2v) is 3.31. The van der Waals surface area contributed by atoms with Crippen LogP contribution in [-0.4, -0.2) is 19.7 Å². The Labute approximate surface area is 93.9 Å². The van der Waals surface area contributed by atoms with Gasteiger partial charge in [-0.2, -0.15) is 0 Å². The maximum absolute atomic E-state index is 11.3. The van der Waals surface area contributed by atoms with E-state index in [0.717, 1.165) is 0 Å². The fourth-order valence-corrected chi connectivity index (χ4v) is 1.49. The SMILES string of the molecule is CCOC(=O)Cc1c(Cl)cccc1OC. The Balaban J connectivity index is 2.87. The summed E-state index contributed by atoms with van der Waals surface area (Å²) in [5.74, 6) is 0.305. The molecule has 0 fully saturated rings. The molecule has 0 radical (unpaired) electrons. The molecule has 0 spiro atoms. The van der Waals surface area contributed by atoms with Gasteiger partial charge in [-0.3, -0.25) is 4.79 Å². The lowest BCUT2D eigenvalue weighted by atomic mass is 10.1. The smallest absolute Gasteiger partial charge is 0.310 e. The summed E-state index contributed by atoms with van der Waals surface area (Å²) >= 11 is 5.96. The van der Waals surface area contributed by atoms with Gasteiger partial charge >= 0.3 is 5.97 Å². The van der Waals surface area contributed by atoms with E-state index >= 15 is 0 Å². The molecule has 0 atom stereocenters. The maximum Gasteiger partial charge on any atom is 0.310 e. The van der Waals surface area contributed by atoms with E-state index in [1.54, 1.807) is 32.2 Å². The summed E-state index contributed by atoms with van der Waals surface area (Å²) in [5, 5.41) is 0.516. The molecule has 0 aromatic heterocycles. The van der Waals surface area contributed by atoms with Crippen LogP contribution in [0, 0.1) is 0 Å². The third kappa shape index (κ3) is 3.13. The molecule has 1 aromatic rings. The van der Waals surface area contributed by atoms with E-state index in [2.05, 4.69) is 0 Å². The van der Waals surface area contributed by atoms with Crippen molar-refractivity contribution in [2.24, 2.45) is 0 Å². The standard InChI is InChI=1S/C11H13ClO3/c1-3-15-11(13)7-8-9(12)5-4-6-10(8)14-2/h4-6H,3,7H2,1-2H3. The molecule has 0 saturated heterocycles. The first-order chi connectivity index (χ1) is 7.19. The second-order valence-electron chi connectivity index (χ2n) is 2.90. The summed E-state index contributed by atoms with van der Waals surface area (Å²) in [6, 6.07) is 5.26. The predicted octanol–water partition coefficient (Wildman–Crippen LogP) is 2.45. The fourth-order valence-electron chi connectivity index (χ4n) is 1.26. The van der Waals surface area contributed by atoms with E-state index < -0.39 is 0 Å². The van der Waals surface area contributed by atoms with E-state index in [1.807, 2.05) is 0 Å². The molecule has 0 bridgehead atoms. The van der Waals surface area contributed by atoms with Crippen LogP contribution in [0.5, 0.6) is 5.75 Å². The number of hydrogen-bond acceptors (Lipinski definition) is 3. The molecule has 1 aromatic carbocycles. The Morgan fingerprint density at radius 1 is 1.47 bits per heavy atom. The van der Waals surface area contributed by atoms with Gasteiger partial charge in [0, 0.05) is 10.6 Å². The summed E-state index contributed by atoms with van der Waals surface area (Å²) in [4.78, 5) is 11.3. The van der Waals surface area contributed by atoms with E-state index in [1.165, 1.54) is 0 Å². The number of hydrogen-bond donors (Lipinski definition) is 0. The van der Waals surface area contributed by atoms with Crippen molar-refractivity contribution in [3.63, 3.8) is 0 Å². The van der Waals surface area contributed by atoms with Crippen LogP contribution in [0.15, 0.2) is 18.2 Å². The van der Waals surface area contributed by atoms with Gasteiger partial charge in [0.1, 0.15) is 5.75 Å². The second kappa shape index (κ2) is 5.61. The van der Waals surface area contributed by atoms with E-state index in [9.17, 15) is 4.79 Å². The summed E-state index contributed by atoms with van der Waals surface area (Å²) in [5.41, 5.74) is 0.667. The van der Waals surface area contributed by atoms with Crippen LogP contribution in [-0.2, 0) is 16.0 Å². The van der Waals surface area contributed by atoms with Crippen LogP contribution in [0.1, 0.15) is 12.5 Å². The molecule has 1 rings (SSSR count). The van der Waals surface area contributed by atoms with Gasteiger partial charge in [-0.1, -0.05) is 17.7 Å². The molecule has 0 aliphatic carbocycles. The average molecular weight is 229 g/mol. The Morgan fingerprint density at radius 2 is 2.20 bits per heavy atom. The Bertz CT molecular complexity index is 350. The van der Waals surface area contributed by atoms with Crippen molar-refractivity contribution in [3.05, 3.63) is 28.8 Å². The molecule has 3 nitrogen and oxygen atoms in total. The van der Waals surface area contributed by atoms with Gasteiger partial charge in [0.25, 0.3) is 0 Å². The van der Waals surface area contributed by atoms with Crippen LogP contribution in [0.25, 0.3) is 0 Å². The molecule has 15 heavy (non-hydrogen) atoms. The molecule has 0 saturated carbocycles. The molecular weight excluding hydrogens is 216 g/mol. The van der Waals surface area contributed by atoms with Crippen LogP contribution in [0.4, 0.5) is 0 Å². The molecule has 0 amide bonds. The zero-order valence-electron chi connectivity index (χ0n) is 8.75. The predicted molar refractivity (Wildman–Crippen MR) is 58.3 cm³/mol. The lowest BCUT2D eigenvalue weighted by Gasteiger charge is -2.09. The maximum atomic E-state index is 11.3. The summed E-state index contributed by atoms with van der Waals surface area (Å²) in [6.45, 7) is 2.13. The van der Waals surface area contributed by atoms with Gasteiger partial charge in [0.05, 0.1) is 20.1 Å². The van der Waals surface area contributed by atoms with Gasteiger partial charge < -0.3 is 9.47 Å². The molecular formula is C11H13ClO3. The zero-order chi connectivity index (χ0) is 11.3. The number of methoxy groups -OCH3 is 1. The molecule has 0 aliphatic heterocycles. The monoisotopic (exact) mass is 228 g/mol. The Kier molecular flexibility index (Phi) is 4.43. The molecule has 0 unspecified atom stereocenters. The number of halogens is 1. The number of carbonyl (C=O) groups excluding carboxylic acids is 1. The van der Waals surface area contributed by atoms with Crippen molar-refractivity contribution in [2.75, 3.05) is 13.7 Å². The molecule has 0 aliphatic rings. The van der Waals surface area contributed by atoms with Crippen molar-refractivity contribution in [2.45, 2.75) is 13.3 Å². The third-order valence-corrected chi connectivity index (χ3v) is 2.28. The van der Waals surface area contributed by atoms with Gasteiger partial charge in [0.2, 0.25) is 0 Å². The summed E-state index contributed by atoms with van der Waals surface area (Å²) < 4.78 is 9.96. The lowest BCUT2D eigenvalue weighted by molar-refractivity contribution is -0.142. The van der Waals surface area contributed by atoms with Crippen molar-refractivity contribution >= 4 is 17.6 Å². The number of benzene rings is 1. The summed E-state index contributed by atoms with van der Waals surface area (Å²) in [6.07, 6.45) is 0.136. The van der Waals surface area contributed by atoms with Crippen LogP contribution >= 0.6 is 11.6 Å². The van der Waals surface area contributed by atoms with Crippen molar-refractivity contribution in [3.8, 4) is 5.75 Å². The fraction of sp³-hybridized carbons (Fsp3) is 0.364. The van der Waals surface area contributed by atoms with E-state index in [-0.39, 0.29) is 12.4 Å². The third-order valence-electron chi connectivity index (χ3n) is 1.92. The first-order valence-corrected chi connectivity index (χ1v) is 5.03. The number of ether oxygens (including phenoxy) is 2.